The summed E-state index contributed by atoms with van der Waals surface area (Å²) in [7, 11) is 3.25. The van der Waals surface area contributed by atoms with Crippen LogP contribution in [0.2, 0.25) is 0 Å². The average molecular weight is 457 g/mol. The Labute approximate surface area is 198 Å². The number of fused-ring (bicyclic) bond motifs is 2. The van der Waals surface area contributed by atoms with Crippen molar-refractivity contribution in [3.63, 3.8) is 0 Å². The fraction of sp³-hybridized carbons (Fsp3) is 0.321. The molecule has 2 saturated carbocycles. The van der Waals surface area contributed by atoms with Crippen LogP contribution in [-0.4, -0.2) is 35.6 Å². The molecule has 6 rings (SSSR count). The molecular formula is C28H28N2O4. The van der Waals surface area contributed by atoms with Gasteiger partial charge in [0.25, 0.3) is 0 Å². The second kappa shape index (κ2) is 9.39. The van der Waals surface area contributed by atoms with Gasteiger partial charge in [-0.1, -0.05) is 36.4 Å². The molecular weight excluding hydrogens is 428 g/mol. The SMILES string of the molecule is COc1c(C2CC2)nc2ccccc2c1C=O.COc1c(C2CC2)nc2ccccc2c1CO. The molecule has 0 spiro atoms. The first-order chi connectivity index (χ1) is 16.7. The molecule has 2 aliphatic rings. The molecule has 0 atom stereocenters. The number of aliphatic hydroxyl groups excluding tert-OH is 1. The third-order valence-corrected chi connectivity index (χ3v) is 6.50. The van der Waals surface area contributed by atoms with Gasteiger partial charge in [-0.05, 0) is 37.8 Å². The van der Waals surface area contributed by atoms with E-state index in [0.717, 1.165) is 63.6 Å². The number of carbonyl (C=O) groups is 1. The quantitative estimate of drug-likeness (QED) is 0.383. The molecule has 2 aliphatic carbocycles. The molecule has 0 saturated heterocycles. The molecule has 0 unspecified atom stereocenters. The number of hydrogen-bond donors (Lipinski definition) is 1. The van der Waals surface area contributed by atoms with E-state index in [1.54, 1.807) is 14.2 Å². The second-order valence-corrected chi connectivity index (χ2v) is 8.81. The summed E-state index contributed by atoms with van der Waals surface area (Å²) in [6.07, 6.45) is 5.49. The average Bonchev–Trinajstić information content (AvgIpc) is 3.79. The Morgan fingerprint density at radius 3 is 1.82 bits per heavy atom. The van der Waals surface area contributed by atoms with Gasteiger partial charge >= 0.3 is 0 Å². The van der Waals surface area contributed by atoms with Crippen LogP contribution in [0.5, 0.6) is 11.5 Å². The maximum absolute atomic E-state index is 11.3. The summed E-state index contributed by atoms with van der Waals surface area (Å²) in [5.74, 6) is 2.41. The zero-order chi connectivity index (χ0) is 23.7. The summed E-state index contributed by atoms with van der Waals surface area (Å²) >= 11 is 0. The third-order valence-electron chi connectivity index (χ3n) is 6.50. The van der Waals surface area contributed by atoms with E-state index < -0.39 is 0 Å². The zero-order valence-corrected chi connectivity index (χ0v) is 19.5. The summed E-state index contributed by atoms with van der Waals surface area (Å²) in [5.41, 5.74) is 5.25. The van der Waals surface area contributed by atoms with Crippen LogP contribution in [0.4, 0.5) is 0 Å². The van der Waals surface area contributed by atoms with Crippen LogP contribution < -0.4 is 9.47 Å². The molecule has 2 aromatic carbocycles. The van der Waals surface area contributed by atoms with Crippen LogP contribution in [0.1, 0.15) is 64.8 Å². The van der Waals surface area contributed by atoms with Gasteiger partial charge in [0.1, 0.15) is 5.75 Å². The van der Waals surface area contributed by atoms with Crippen molar-refractivity contribution in [3.8, 4) is 11.5 Å². The molecule has 174 valence electrons. The molecule has 4 aromatic rings. The predicted molar refractivity (Wildman–Crippen MR) is 132 cm³/mol. The highest BCUT2D eigenvalue weighted by Crippen LogP contribution is 2.46. The number of ether oxygens (including phenoxy) is 2. The van der Waals surface area contributed by atoms with Crippen molar-refractivity contribution in [2.45, 2.75) is 44.1 Å². The minimum atomic E-state index is -0.00801. The third kappa shape index (κ3) is 4.10. The monoisotopic (exact) mass is 456 g/mol. The Kier molecular flexibility index (Phi) is 6.16. The van der Waals surface area contributed by atoms with Gasteiger partial charge in [0.2, 0.25) is 0 Å². The molecule has 2 heterocycles. The lowest BCUT2D eigenvalue weighted by Gasteiger charge is -2.14. The van der Waals surface area contributed by atoms with Gasteiger partial charge < -0.3 is 14.6 Å². The van der Waals surface area contributed by atoms with Gasteiger partial charge in [0.05, 0.1) is 48.8 Å². The predicted octanol–water partition coefficient (Wildman–Crippen LogP) is 5.55. The van der Waals surface area contributed by atoms with E-state index >= 15 is 0 Å². The van der Waals surface area contributed by atoms with E-state index in [2.05, 4.69) is 9.97 Å². The van der Waals surface area contributed by atoms with Gasteiger partial charge in [-0.15, -0.1) is 0 Å². The number of aromatic nitrogens is 2. The van der Waals surface area contributed by atoms with E-state index in [9.17, 15) is 9.90 Å². The molecule has 34 heavy (non-hydrogen) atoms. The van der Waals surface area contributed by atoms with Crippen LogP contribution in [0.3, 0.4) is 0 Å². The van der Waals surface area contributed by atoms with Crippen molar-refractivity contribution in [1.29, 1.82) is 0 Å². The number of benzene rings is 2. The minimum Gasteiger partial charge on any atom is -0.494 e. The summed E-state index contributed by atoms with van der Waals surface area (Å²) in [5, 5.41) is 11.4. The maximum atomic E-state index is 11.3. The molecule has 0 aliphatic heterocycles. The highest BCUT2D eigenvalue weighted by atomic mass is 16.5. The Morgan fingerprint density at radius 1 is 0.824 bits per heavy atom. The Bertz CT molecular complexity index is 1360. The topological polar surface area (TPSA) is 81.5 Å². The fourth-order valence-electron chi connectivity index (χ4n) is 4.51. The number of pyridine rings is 2. The van der Waals surface area contributed by atoms with E-state index in [4.69, 9.17) is 9.47 Å². The lowest BCUT2D eigenvalue weighted by Crippen LogP contribution is -2.01. The van der Waals surface area contributed by atoms with E-state index in [1.807, 2.05) is 48.5 Å². The van der Waals surface area contributed by atoms with Crippen molar-refractivity contribution < 1.29 is 19.4 Å². The minimum absolute atomic E-state index is 0.00801. The Balaban J connectivity index is 0.000000142. The fourth-order valence-corrected chi connectivity index (χ4v) is 4.51. The molecule has 1 N–H and O–H groups in total. The lowest BCUT2D eigenvalue weighted by atomic mass is 10.0. The second-order valence-electron chi connectivity index (χ2n) is 8.81. The maximum Gasteiger partial charge on any atom is 0.154 e. The van der Waals surface area contributed by atoms with Crippen molar-refractivity contribution in [2.24, 2.45) is 0 Å². The summed E-state index contributed by atoms with van der Waals surface area (Å²) < 4.78 is 10.8. The molecule has 6 nitrogen and oxygen atoms in total. The molecule has 0 radical (unpaired) electrons. The number of hydrogen-bond acceptors (Lipinski definition) is 6. The Morgan fingerprint density at radius 2 is 1.32 bits per heavy atom. The van der Waals surface area contributed by atoms with Crippen LogP contribution >= 0.6 is 0 Å². The lowest BCUT2D eigenvalue weighted by molar-refractivity contribution is 0.112. The van der Waals surface area contributed by atoms with Gasteiger partial charge in [-0.3, -0.25) is 4.79 Å². The highest BCUT2D eigenvalue weighted by molar-refractivity contribution is 5.99. The highest BCUT2D eigenvalue weighted by Gasteiger charge is 2.31. The van der Waals surface area contributed by atoms with Crippen molar-refractivity contribution in [3.05, 3.63) is 71.0 Å². The summed E-state index contributed by atoms with van der Waals surface area (Å²) in [6, 6.07) is 15.6. The zero-order valence-electron chi connectivity index (χ0n) is 19.5. The van der Waals surface area contributed by atoms with Crippen LogP contribution in [0.15, 0.2) is 48.5 Å². The molecule has 6 heteroatoms. The number of aliphatic hydroxyl groups is 1. The first kappa shape index (κ1) is 22.3. The van der Waals surface area contributed by atoms with E-state index in [-0.39, 0.29) is 6.61 Å². The van der Waals surface area contributed by atoms with E-state index in [0.29, 0.717) is 23.1 Å². The van der Waals surface area contributed by atoms with Gasteiger partial charge in [-0.25, -0.2) is 9.97 Å². The van der Waals surface area contributed by atoms with Crippen LogP contribution in [-0.2, 0) is 6.61 Å². The van der Waals surface area contributed by atoms with Gasteiger partial charge in [0.15, 0.2) is 12.0 Å². The van der Waals surface area contributed by atoms with E-state index in [1.165, 1.54) is 12.8 Å². The standard InChI is InChI=1S/C14H15NO2.C14H13NO2/c2*1-17-14-11(8-16)10-4-2-3-5-12(10)15-13(14)9-6-7-9/h2-5,9,16H,6-8H2,1H3;2-5,8-9H,6-7H2,1H3. The molecule has 2 aromatic heterocycles. The molecule has 0 bridgehead atoms. The molecule has 0 amide bonds. The largest absolute Gasteiger partial charge is 0.494 e. The van der Waals surface area contributed by atoms with Crippen molar-refractivity contribution in [2.75, 3.05) is 14.2 Å². The number of para-hydroxylation sites is 2. The number of rotatable bonds is 6. The van der Waals surface area contributed by atoms with Gasteiger partial charge in [0, 0.05) is 28.2 Å². The van der Waals surface area contributed by atoms with Gasteiger partial charge in [-0.2, -0.15) is 0 Å². The number of aldehydes is 1. The number of methoxy groups -OCH3 is 2. The number of nitrogens with zero attached hydrogens (tertiary/aromatic N) is 2. The first-order valence-electron chi connectivity index (χ1n) is 11.7. The first-order valence-corrected chi connectivity index (χ1v) is 11.7. The number of carbonyl (C=O) groups excluding carboxylic acids is 1. The van der Waals surface area contributed by atoms with Crippen molar-refractivity contribution in [1.82, 2.24) is 9.97 Å². The van der Waals surface area contributed by atoms with Crippen LogP contribution in [0.25, 0.3) is 21.8 Å². The Hall–Kier alpha value is -3.51. The van der Waals surface area contributed by atoms with Crippen LogP contribution in [0, 0.1) is 0 Å². The molecule has 2 fully saturated rings. The summed E-state index contributed by atoms with van der Waals surface area (Å²) in [6.45, 7) is -0.00801. The normalized spacial score (nSPS) is 15.0. The van der Waals surface area contributed by atoms with Crippen molar-refractivity contribution >= 4 is 28.1 Å². The smallest absolute Gasteiger partial charge is 0.154 e. The summed E-state index contributed by atoms with van der Waals surface area (Å²) in [4.78, 5) is 20.6.